The topological polar surface area (TPSA) is 3.24 Å². The predicted molar refractivity (Wildman–Crippen MR) is 102 cm³/mol. The van der Waals surface area contributed by atoms with Gasteiger partial charge >= 0.3 is 0 Å². The lowest BCUT2D eigenvalue weighted by Crippen LogP contribution is -2.22. The second-order valence-electron chi connectivity index (χ2n) is 6.61. The van der Waals surface area contributed by atoms with Gasteiger partial charge in [0.1, 0.15) is 0 Å². The Morgan fingerprint density at radius 1 is 0.750 bits per heavy atom. The van der Waals surface area contributed by atoms with E-state index >= 15 is 0 Å². The highest BCUT2D eigenvalue weighted by molar-refractivity contribution is 5.75. The van der Waals surface area contributed by atoms with Gasteiger partial charge in [0.2, 0.25) is 0 Å². The quantitative estimate of drug-likeness (QED) is 0.599. The van der Waals surface area contributed by atoms with E-state index in [1.54, 1.807) is 0 Å². The number of para-hydroxylation sites is 2. The molecule has 1 nitrogen and oxygen atoms in total. The van der Waals surface area contributed by atoms with E-state index in [-0.39, 0.29) is 0 Å². The van der Waals surface area contributed by atoms with E-state index in [2.05, 4.69) is 91.7 Å². The molecule has 3 aromatic carbocycles. The van der Waals surface area contributed by atoms with Crippen LogP contribution in [0.4, 0.5) is 11.4 Å². The van der Waals surface area contributed by atoms with Gasteiger partial charge in [-0.25, -0.2) is 0 Å². The number of rotatable bonds is 3. The van der Waals surface area contributed by atoms with E-state index in [0.29, 0.717) is 5.92 Å². The number of anilines is 2. The van der Waals surface area contributed by atoms with Crippen molar-refractivity contribution in [2.24, 2.45) is 0 Å². The van der Waals surface area contributed by atoms with Crippen LogP contribution in [-0.2, 0) is 12.8 Å². The Bertz CT molecular complexity index is 818. The van der Waals surface area contributed by atoms with Gasteiger partial charge in [-0.15, -0.1) is 0 Å². The summed E-state index contributed by atoms with van der Waals surface area (Å²) in [5, 5.41) is 0. The van der Waals surface area contributed by atoms with Crippen molar-refractivity contribution in [2.45, 2.75) is 25.7 Å². The van der Waals surface area contributed by atoms with Crippen molar-refractivity contribution in [3.63, 3.8) is 0 Å². The SMILES string of the molecule is CCc1cccc(CC2c3ccccc3N(C)c3ccccc32)c1. The zero-order valence-corrected chi connectivity index (χ0v) is 14.4. The summed E-state index contributed by atoms with van der Waals surface area (Å²) in [7, 11) is 2.17. The van der Waals surface area contributed by atoms with Crippen molar-refractivity contribution in [1.82, 2.24) is 0 Å². The fourth-order valence-corrected chi connectivity index (χ4v) is 3.90. The lowest BCUT2D eigenvalue weighted by molar-refractivity contribution is 0.784. The molecule has 0 atom stereocenters. The molecule has 4 rings (SSSR count). The summed E-state index contributed by atoms with van der Waals surface area (Å²) in [4.78, 5) is 2.32. The minimum absolute atomic E-state index is 0.417. The van der Waals surface area contributed by atoms with Crippen LogP contribution in [0.1, 0.15) is 35.1 Å². The number of fused-ring (bicyclic) bond motifs is 2. The van der Waals surface area contributed by atoms with Gasteiger partial charge in [0.15, 0.2) is 0 Å². The molecule has 0 amide bonds. The predicted octanol–water partition coefficient (Wildman–Crippen LogP) is 5.70. The Balaban J connectivity index is 1.81. The van der Waals surface area contributed by atoms with Crippen molar-refractivity contribution in [1.29, 1.82) is 0 Å². The molecule has 0 aliphatic carbocycles. The molecular formula is C23H23N. The fourth-order valence-electron chi connectivity index (χ4n) is 3.90. The Morgan fingerprint density at radius 2 is 1.33 bits per heavy atom. The average Bonchev–Trinajstić information content (AvgIpc) is 2.65. The first-order chi connectivity index (χ1) is 11.8. The smallest absolute Gasteiger partial charge is 0.0447 e. The second kappa shape index (κ2) is 6.16. The summed E-state index contributed by atoms with van der Waals surface area (Å²) >= 11 is 0. The molecule has 3 aromatic rings. The molecule has 0 fully saturated rings. The van der Waals surface area contributed by atoms with Crippen molar-refractivity contribution < 1.29 is 0 Å². The van der Waals surface area contributed by atoms with Gasteiger partial charge in [0.25, 0.3) is 0 Å². The number of hydrogen-bond donors (Lipinski definition) is 0. The van der Waals surface area contributed by atoms with Gasteiger partial charge in [-0.2, -0.15) is 0 Å². The Labute approximate surface area is 144 Å². The molecular weight excluding hydrogens is 290 g/mol. The second-order valence-corrected chi connectivity index (χ2v) is 6.61. The van der Waals surface area contributed by atoms with Crippen LogP contribution in [-0.4, -0.2) is 7.05 Å². The molecule has 1 heteroatoms. The number of hydrogen-bond acceptors (Lipinski definition) is 1. The summed E-state index contributed by atoms with van der Waals surface area (Å²) in [6.07, 6.45) is 2.14. The van der Waals surface area contributed by atoms with Crippen molar-refractivity contribution in [3.05, 3.63) is 95.1 Å². The summed E-state index contributed by atoms with van der Waals surface area (Å²) in [6.45, 7) is 2.22. The summed E-state index contributed by atoms with van der Waals surface area (Å²) in [5.41, 5.74) is 8.36. The van der Waals surface area contributed by atoms with E-state index in [1.165, 1.54) is 33.6 Å². The van der Waals surface area contributed by atoms with Crippen molar-refractivity contribution in [3.8, 4) is 0 Å². The molecule has 0 saturated carbocycles. The first-order valence-corrected chi connectivity index (χ1v) is 8.77. The monoisotopic (exact) mass is 313 g/mol. The molecule has 24 heavy (non-hydrogen) atoms. The lowest BCUT2D eigenvalue weighted by Gasteiger charge is -2.35. The molecule has 0 aromatic heterocycles. The molecule has 0 radical (unpaired) electrons. The molecule has 0 N–H and O–H groups in total. The lowest BCUT2D eigenvalue weighted by atomic mass is 9.81. The minimum Gasteiger partial charge on any atom is -0.344 e. The van der Waals surface area contributed by atoms with Gasteiger partial charge in [-0.1, -0.05) is 67.6 Å². The van der Waals surface area contributed by atoms with Gasteiger partial charge in [0, 0.05) is 24.3 Å². The van der Waals surface area contributed by atoms with Crippen LogP contribution < -0.4 is 4.90 Å². The van der Waals surface area contributed by atoms with Crippen molar-refractivity contribution >= 4 is 11.4 Å². The Hall–Kier alpha value is -2.54. The van der Waals surface area contributed by atoms with Crippen LogP contribution >= 0.6 is 0 Å². The van der Waals surface area contributed by atoms with Crippen molar-refractivity contribution in [2.75, 3.05) is 11.9 Å². The first kappa shape index (κ1) is 15.0. The van der Waals surface area contributed by atoms with E-state index in [0.717, 1.165) is 12.8 Å². The maximum absolute atomic E-state index is 2.36. The van der Waals surface area contributed by atoms with Gasteiger partial charge in [0.05, 0.1) is 0 Å². The standard InChI is InChI=1S/C23H23N/c1-3-17-9-8-10-18(15-17)16-21-19-11-4-6-13-22(19)24(2)23-14-7-5-12-20(21)23/h4-15,21H,3,16H2,1-2H3. The highest BCUT2D eigenvalue weighted by Gasteiger charge is 2.28. The van der Waals surface area contributed by atoms with Gasteiger partial charge < -0.3 is 4.90 Å². The van der Waals surface area contributed by atoms with Crippen LogP contribution in [0.3, 0.4) is 0 Å². The van der Waals surface area contributed by atoms with E-state index in [1.807, 2.05) is 0 Å². The highest BCUT2D eigenvalue weighted by Crippen LogP contribution is 2.45. The molecule has 1 heterocycles. The fraction of sp³-hybridized carbons (Fsp3) is 0.217. The van der Waals surface area contributed by atoms with Gasteiger partial charge in [-0.3, -0.25) is 0 Å². The zero-order valence-electron chi connectivity index (χ0n) is 14.4. The molecule has 0 spiro atoms. The molecule has 120 valence electrons. The average molecular weight is 313 g/mol. The summed E-state index contributed by atoms with van der Waals surface area (Å²) in [6, 6.07) is 26.7. The Kier molecular flexibility index (Phi) is 3.86. The first-order valence-electron chi connectivity index (χ1n) is 8.77. The molecule has 1 aliphatic heterocycles. The maximum Gasteiger partial charge on any atom is 0.0447 e. The normalized spacial score (nSPS) is 13.5. The molecule has 0 bridgehead atoms. The van der Waals surface area contributed by atoms with Crippen LogP contribution in [0.15, 0.2) is 72.8 Å². The third kappa shape index (κ3) is 2.50. The van der Waals surface area contributed by atoms with E-state index in [4.69, 9.17) is 0 Å². The van der Waals surface area contributed by atoms with E-state index < -0.39 is 0 Å². The largest absolute Gasteiger partial charge is 0.344 e. The maximum atomic E-state index is 2.36. The molecule has 1 aliphatic rings. The highest BCUT2D eigenvalue weighted by atomic mass is 15.1. The third-order valence-corrected chi connectivity index (χ3v) is 5.19. The van der Waals surface area contributed by atoms with E-state index in [9.17, 15) is 0 Å². The van der Waals surface area contributed by atoms with Gasteiger partial charge in [-0.05, 0) is 47.2 Å². The van der Waals surface area contributed by atoms with Crippen LogP contribution in [0.25, 0.3) is 0 Å². The third-order valence-electron chi connectivity index (χ3n) is 5.19. The zero-order chi connectivity index (χ0) is 16.5. The molecule has 0 saturated heterocycles. The van der Waals surface area contributed by atoms with Crippen LogP contribution in [0, 0.1) is 0 Å². The summed E-state index contributed by atoms with van der Waals surface area (Å²) in [5.74, 6) is 0.417. The summed E-state index contributed by atoms with van der Waals surface area (Å²) < 4.78 is 0. The number of benzene rings is 3. The molecule has 0 unspecified atom stereocenters. The Morgan fingerprint density at radius 3 is 1.96 bits per heavy atom. The minimum atomic E-state index is 0.417. The van der Waals surface area contributed by atoms with Crippen LogP contribution in [0.2, 0.25) is 0 Å². The number of nitrogens with zero attached hydrogens (tertiary/aromatic N) is 1. The number of aryl methyl sites for hydroxylation is 1. The van der Waals surface area contributed by atoms with Crippen LogP contribution in [0.5, 0.6) is 0 Å².